The molecule has 0 saturated carbocycles. The van der Waals surface area contributed by atoms with Crippen LogP contribution in [0.3, 0.4) is 0 Å². The summed E-state index contributed by atoms with van der Waals surface area (Å²) in [6, 6.07) is 7.05. The third-order valence-electron chi connectivity index (χ3n) is 2.45. The molecule has 0 aliphatic carbocycles. The summed E-state index contributed by atoms with van der Waals surface area (Å²) in [5, 5.41) is 2.71. The van der Waals surface area contributed by atoms with Crippen molar-refractivity contribution >= 4 is 17.4 Å². The molecule has 0 spiro atoms. The molecule has 2 heterocycles. The number of aromatic nitrogens is 2. The Morgan fingerprint density at radius 3 is 2.78 bits per heavy atom. The fourth-order valence-corrected chi connectivity index (χ4v) is 1.57. The van der Waals surface area contributed by atoms with Crippen LogP contribution in [0.25, 0.3) is 0 Å². The minimum Gasteiger partial charge on any atom is -0.397 e. The first-order valence-electron chi connectivity index (χ1n) is 5.53. The summed E-state index contributed by atoms with van der Waals surface area (Å²) >= 11 is 0. The second-order valence-electron chi connectivity index (χ2n) is 4.05. The van der Waals surface area contributed by atoms with E-state index in [4.69, 9.17) is 5.73 Å². The van der Waals surface area contributed by atoms with Gasteiger partial charge < -0.3 is 11.1 Å². The monoisotopic (exact) mass is 242 g/mol. The van der Waals surface area contributed by atoms with Gasteiger partial charge in [0.1, 0.15) is 11.5 Å². The van der Waals surface area contributed by atoms with Crippen LogP contribution < -0.4 is 11.1 Å². The summed E-state index contributed by atoms with van der Waals surface area (Å²) in [4.78, 5) is 20.2. The van der Waals surface area contributed by atoms with Gasteiger partial charge in [-0.3, -0.25) is 4.79 Å². The number of nitrogen functional groups attached to an aromatic ring is 1. The number of nitrogens with two attached hydrogens (primary N) is 1. The first kappa shape index (κ1) is 12.0. The van der Waals surface area contributed by atoms with Crippen molar-refractivity contribution in [2.45, 2.75) is 13.8 Å². The van der Waals surface area contributed by atoms with Gasteiger partial charge in [0.2, 0.25) is 0 Å². The Balaban J connectivity index is 2.21. The van der Waals surface area contributed by atoms with Gasteiger partial charge in [0.25, 0.3) is 5.91 Å². The number of nitrogens with one attached hydrogen (secondary N) is 1. The second-order valence-corrected chi connectivity index (χ2v) is 4.05. The lowest BCUT2D eigenvalue weighted by Gasteiger charge is -2.07. The van der Waals surface area contributed by atoms with Crippen LogP contribution in [0.4, 0.5) is 11.5 Å². The number of rotatable bonds is 2. The molecule has 0 bridgehead atoms. The Morgan fingerprint density at radius 1 is 1.33 bits per heavy atom. The normalized spacial score (nSPS) is 10.1. The van der Waals surface area contributed by atoms with Gasteiger partial charge in [0, 0.05) is 5.69 Å². The van der Waals surface area contributed by atoms with E-state index in [2.05, 4.69) is 15.3 Å². The van der Waals surface area contributed by atoms with Crippen molar-refractivity contribution in [1.29, 1.82) is 0 Å². The Kier molecular flexibility index (Phi) is 3.23. The topological polar surface area (TPSA) is 80.9 Å². The minimum atomic E-state index is -0.279. The first-order valence-corrected chi connectivity index (χ1v) is 5.53. The highest BCUT2D eigenvalue weighted by molar-refractivity contribution is 6.02. The lowest BCUT2D eigenvalue weighted by atomic mass is 10.2. The molecular formula is C13H14N4O. The number of aryl methyl sites for hydroxylation is 2. The van der Waals surface area contributed by atoms with E-state index in [9.17, 15) is 4.79 Å². The molecule has 5 nitrogen and oxygen atoms in total. The Morgan fingerprint density at radius 2 is 2.11 bits per heavy atom. The maximum atomic E-state index is 12.0. The summed E-state index contributed by atoms with van der Waals surface area (Å²) in [6.45, 7) is 3.67. The van der Waals surface area contributed by atoms with Gasteiger partial charge in [0.05, 0.1) is 11.9 Å². The highest BCUT2D eigenvalue weighted by Crippen LogP contribution is 2.14. The second kappa shape index (κ2) is 4.83. The van der Waals surface area contributed by atoms with Crippen molar-refractivity contribution in [3.8, 4) is 0 Å². The molecule has 2 aromatic rings. The van der Waals surface area contributed by atoms with Crippen LogP contribution in [0.15, 0.2) is 30.5 Å². The third kappa shape index (κ3) is 2.63. The van der Waals surface area contributed by atoms with Crippen LogP contribution in [0.5, 0.6) is 0 Å². The number of nitrogens with zero attached hydrogens (tertiary/aromatic N) is 2. The van der Waals surface area contributed by atoms with E-state index < -0.39 is 0 Å². The van der Waals surface area contributed by atoms with Gasteiger partial charge in [-0.1, -0.05) is 6.07 Å². The lowest BCUT2D eigenvalue weighted by molar-refractivity contribution is 0.102. The largest absolute Gasteiger partial charge is 0.397 e. The van der Waals surface area contributed by atoms with Crippen LogP contribution in [-0.2, 0) is 0 Å². The molecule has 2 rings (SSSR count). The minimum absolute atomic E-state index is 0.279. The van der Waals surface area contributed by atoms with Crippen molar-refractivity contribution in [3.63, 3.8) is 0 Å². The predicted molar refractivity (Wildman–Crippen MR) is 70.3 cm³/mol. The standard InChI is InChI=1S/C13H14N4O/c1-8-6-10(14)7-15-12(8)17-13(18)11-5-3-4-9(2)16-11/h3-7H,14H2,1-2H3,(H,15,17,18). The van der Waals surface area contributed by atoms with E-state index in [-0.39, 0.29) is 5.91 Å². The SMILES string of the molecule is Cc1cccc(C(=O)Nc2ncc(N)cc2C)n1. The van der Waals surface area contributed by atoms with Crippen LogP contribution >= 0.6 is 0 Å². The summed E-state index contributed by atoms with van der Waals surface area (Å²) in [7, 11) is 0. The van der Waals surface area contributed by atoms with Crippen molar-refractivity contribution in [3.05, 3.63) is 47.4 Å². The zero-order valence-electron chi connectivity index (χ0n) is 10.3. The van der Waals surface area contributed by atoms with Gasteiger partial charge in [-0.2, -0.15) is 0 Å². The highest BCUT2D eigenvalue weighted by Gasteiger charge is 2.10. The van der Waals surface area contributed by atoms with E-state index in [1.165, 1.54) is 6.20 Å². The van der Waals surface area contributed by atoms with Crippen molar-refractivity contribution in [2.75, 3.05) is 11.1 Å². The molecule has 5 heteroatoms. The van der Waals surface area contributed by atoms with Crippen molar-refractivity contribution < 1.29 is 4.79 Å². The number of hydrogen-bond acceptors (Lipinski definition) is 4. The molecule has 3 N–H and O–H groups in total. The molecular weight excluding hydrogens is 228 g/mol. The molecule has 18 heavy (non-hydrogen) atoms. The van der Waals surface area contributed by atoms with Gasteiger partial charge in [-0.15, -0.1) is 0 Å². The van der Waals surface area contributed by atoms with E-state index in [1.807, 2.05) is 19.9 Å². The Labute approximate surface area is 105 Å². The zero-order chi connectivity index (χ0) is 13.1. The third-order valence-corrected chi connectivity index (χ3v) is 2.45. The van der Waals surface area contributed by atoms with Crippen molar-refractivity contribution in [1.82, 2.24) is 9.97 Å². The summed E-state index contributed by atoms with van der Waals surface area (Å²) in [5.74, 6) is 0.219. The molecule has 0 aromatic carbocycles. The fraction of sp³-hybridized carbons (Fsp3) is 0.154. The smallest absolute Gasteiger partial charge is 0.275 e. The quantitative estimate of drug-likeness (QED) is 0.843. The van der Waals surface area contributed by atoms with Gasteiger partial charge in [-0.25, -0.2) is 9.97 Å². The number of pyridine rings is 2. The van der Waals surface area contributed by atoms with Crippen LogP contribution in [0, 0.1) is 13.8 Å². The molecule has 0 unspecified atom stereocenters. The van der Waals surface area contributed by atoms with Crippen LogP contribution in [0.1, 0.15) is 21.7 Å². The summed E-state index contributed by atoms with van der Waals surface area (Å²) < 4.78 is 0. The number of amides is 1. The number of anilines is 2. The van der Waals surface area contributed by atoms with Crippen molar-refractivity contribution in [2.24, 2.45) is 0 Å². The van der Waals surface area contributed by atoms with E-state index in [1.54, 1.807) is 18.2 Å². The molecule has 2 aromatic heterocycles. The average Bonchev–Trinajstić information content (AvgIpc) is 2.32. The predicted octanol–water partition coefficient (Wildman–Crippen LogP) is 1.93. The zero-order valence-corrected chi connectivity index (χ0v) is 10.3. The van der Waals surface area contributed by atoms with Gasteiger partial charge in [0.15, 0.2) is 0 Å². The average molecular weight is 242 g/mol. The van der Waals surface area contributed by atoms with E-state index >= 15 is 0 Å². The molecule has 0 saturated heterocycles. The van der Waals surface area contributed by atoms with E-state index in [0.29, 0.717) is 17.2 Å². The number of hydrogen-bond donors (Lipinski definition) is 2. The molecule has 0 fully saturated rings. The maximum absolute atomic E-state index is 12.0. The highest BCUT2D eigenvalue weighted by atomic mass is 16.1. The Hall–Kier alpha value is -2.43. The lowest BCUT2D eigenvalue weighted by Crippen LogP contribution is -2.15. The molecule has 92 valence electrons. The van der Waals surface area contributed by atoms with Crippen LogP contribution in [-0.4, -0.2) is 15.9 Å². The first-order chi connectivity index (χ1) is 8.56. The molecule has 0 atom stereocenters. The Bertz CT molecular complexity index is 595. The number of carbonyl (C=O) groups is 1. The summed E-state index contributed by atoms with van der Waals surface area (Å²) in [5.41, 5.74) is 8.15. The van der Waals surface area contributed by atoms with Gasteiger partial charge in [-0.05, 0) is 37.6 Å². The maximum Gasteiger partial charge on any atom is 0.275 e. The molecule has 0 aliphatic heterocycles. The molecule has 1 amide bonds. The van der Waals surface area contributed by atoms with Gasteiger partial charge >= 0.3 is 0 Å². The molecule has 0 aliphatic rings. The molecule has 0 radical (unpaired) electrons. The van der Waals surface area contributed by atoms with Crippen LogP contribution in [0.2, 0.25) is 0 Å². The number of carbonyl (C=O) groups excluding carboxylic acids is 1. The fourth-order valence-electron chi connectivity index (χ4n) is 1.57. The van der Waals surface area contributed by atoms with E-state index in [0.717, 1.165) is 11.3 Å². The summed E-state index contributed by atoms with van der Waals surface area (Å²) in [6.07, 6.45) is 1.51.